The molecule has 16 heavy (non-hydrogen) atoms. The van der Waals surface area contributed by atoms with Crippen LogP contribution in [0.4, 0.5) is 0 Å². The first-order valence-electron chi connectivity index (χ1n) is 5.44. The molecule has 5 nitrogen and oxygen atoms in total. The van der Waals surface area contributed by atoms with Gasteiger partial charge in [0.15, 0.2) is 0 Å². The lowest BCUT2D eigenvalue weighted by atomic mass is 10.0. The van der Waals surface area contributed by atoms with Crippen molar-refractivity contribution in [3.63, 3.8) is 0 Å². The molecule has 0 rings (SSSR count). The quantitative estimate of drug-likeness (QED) is 0.681. The first-order valence-corrected chi connectivity index (χ1v) is 5.44. The number of nitrogens with two attached hydrogens (primary N) is 1. The largest absolute Gasteiger partial charge is 0.383 e. The zero-order chi connectivity index (χ0) is 12.6. The van der Waals surface area contributed by atoms with E-state index in [9.17, 15) is 4.79 Å². The maximum atomic E-state index is 11.9. The van der Waals surface area contributed by atoms with Gasteiger partial charge in [-0.25, -0.2) is 0 Å². The van der Waals surface area contributed by atoms with Gasteiger partial charge in [-0.2, -0.15) is 5.26 Å². The zero-order valence-corrected chi connectivity index (χ0v) is 10.3. The lowest BCUT2D eigenvalue weighted by Gasteiger charge is -2.26. The summed E-state index contributed by atoms with van der Waals surface area (Å²) in [7, 11) is 1.58. The summed E-state index contributed by atoms with van der Waals surface area (Å²) in [4.78, 5) is 13.5. The monoisotopic (exact) mass is 227 g/mol. The fraction of sp³-hybridized carbons (Fsp3) is 0.818. The summed E-state index contributed by atoms with van der Waals surface area (Å²) < 4.78 is 4.93. The average molecular weight is 227 g/mol. The van der Waals surface area contributed by atoms with Gasteiger partial charge in [0.25, 0.3) is 0 Å². The molecule has 0 bridgehead atoms. The van der Waals surface area contributed by atoms with Crippen LogP contribution in [0.2, 0.25) is 0 Å². The van der Waals surface area contributed by atoms with E-state index in [1.165, 1.54) is 0 Å². The molecule has 0 saturated carbocycles. The molecule has 1 atom stereocenters. The number of methoxy groups -OCH3 is 1. The topological polar surface area (TPSA) is 79.3 Å². The van der Waals surface area contributed by atoms with Gasteiger partial charge in [0.05, 0.1) is 25.1 Å². The third kappa shape index (κ3) is 5.10. The Bertz CT molecular complexity index is 248. The summed E-state index contributed by atoms with van der Waals surface area (Å²) in [5.41, 5.74) is 5.79. The number of carbonyl (C=O) groups excluding carboxylic acids is 1. The number of hydrogen-bond acceptors (Lipinski definition) is 4. The normalized spacial score (nSPS) is 12.2. The Balaban J connectivity index is 4.36. The van der Waals surface area contributed by atoms with Crippen molar-refractivity contribution in [1.29, 1.82) is 5.26 Å². The number of nitrogens with zero attached hydrogens (tertiary/aromatic N) is 2. The van der Waals surface area contributed by atoms with E-state index in [4.69, 9.17) is 15.7 Å². The Morgan fingerprint density at radius 3 is 2.56 bits per heavy atom. The molecule has 0 aromatic carbocycles. The summed E-state index contributed by atoms with van der Waals surface area (Å²) in [6.45, 7) is 5.17. The summed E-state index contributed by atoms with van der Waals surface area (Å²) in [6, 6.07) is 1.52. The Labute approximate surface area is 97.2 Å². The highest BCUT2D eigenvalue weighted by molar-refractivity contribution is 5.81. The molecule has 0 aromatic rings. The van der Waals surface area contributed by atoms with Crippen LogP contribution in [0.5, 0.6) is 0 Å². The highest BCUT2D eigenvalue weighted by Crippen LogP contribution is 2.04. The SMILES string of the molecule is COCCN(CCC#N)C(=O)C(N)C(C)C. The van der Waals surface area contributed by atoms with Gasteiger partial charge >= 0.3 is 0 Å². The molecule has 0 saturated heterocycles. The van der Waals surface area contributed by atoms with Crippen LogP contribution < -0.4 is 5.73 Å². The lowest BCUT2D eigenvalue weighted by molar-refractivity contribution is -0.134. The Hall–Kier alpha value is -1.12. The van der Waals surface area contributed by atoms with E-state index >= 15 is 0 Å². The fourth-order valence-corrected chi connectivity index (χ4v) is 1.21. The molecule has 5 heteroatoms. The van der Waals surface area contributed by atoms with Crippen LogP contribution >= 0.6 is 0 Å². The van der Waals surface area contributed by atoms with Crippen molar-refractivity contribution in [2.45, 2.75) is 26.3 Å². The van der Waals surface area contributed by atoms with Crippen molar-refractivity contribution in [2.24, 2.45) is 11.7 Å². The standard InChI is InChI=1S/C11H21N3O2/c1-9(2)10(13)11(15)14(6-4-5-12)7-8-16-3/h9-10H,4,6-8,13H2,1-3H3. The third-order valence-electron chi connectivity index (χ3n) is 2.37. The van der Waals surface area contributed by atoms with Gasteiger partial charge in [-0.15, -0.1) is 0 Å². The third-order valence-corrected chi connectivity index (χ3v) is 2.37. The van der Waals surface area contributed by atoms with Crippen molar-refractivity contribution in [3.05, 3.63) is 0 Å². The number of hydrogen-bond donors (Lipinski definition) is 1. The molecule has 0 aliphatic rings. The minimum absolute atomic E-state index is 0.0969. The smallest absolute Gasteiger partial charge is 0.239 e. The summed E-state index contributed by atoms with van der Waals surface area (Å²) in [5.74, 6) is -0.0121. The van der Waals surface area contributed by atoms with Crippen molar-refractivity contribution >= 4 is 5.91 Å². The summed E-state index contributed by atoms with van der Waals surface area (Å²) in [6.07, 6.45) is 0.320. The molecule has 1 amide bonds. The minimum atomic E-state index is -0.504. The average Bonchev–Trinajstić information content (AvgIpc) is 2.27. The fourth-order valence-electron chi connectivity index (χ4n) is 1.21. The number of rotatable bonds is 7. The first kappa shape index (κ1) is 14.9. The van der Waals surface area contributed by atoms with E-state index in [0.29, 0.717) is 26.1 Å². The molecule has 1 unspecified atom stereocenters. The van der Waals surface area contributed by atoms with E-state index in [1.54, 1.807) is 12.0 Å². The maximum absolute atomic E-state index is 11.9. The molecule has 0 spiro atoms. The second kappa shape index (κ2) is 8.08. The van der Waals surface area contributed by atoms with Crippen LogP contribution in [-0.4, -0.2) is 43.7 Å². The number of amides is 1. The molecule has 0 radical (unpaired) electrons. The van der Waals surface area contributed by atoms with Gasteiger partial charge in [-0.1, -0.05) is 13.8 Å². The molecular formula is C11H21N3O2. The predicted molar refractivity (Wildman–Crippen MR) is 61.5 cm³/mol. The molecule has 0 heterocycles. The second-order valence-electron chi connectivity index (χ2n) is 4.00. The van der Waals surface area contributed by atoms with Crippen molar-refractivity contribution in [3.8, 4) is 6.07 Å². The van der Waals surface area contributed by atoms with Crippen LogP contribution in [0, 0.1) is 17.2 Å². The maximum Gasteiger partial charge on any atom is 0.239 e. The van der Waals surface area contributed by atoms with Gasteiger partial charge in [-0.05, 0) is 5.92 Å². The van der Waals surface area contributed by atoms with E-state index in [-0.39, 0.29) is 11.8 Å². The number of carbonyl (C=O) groups is 1. The molecule has 0 aliphatic heterocycles. The Morgan fingerprint density at radius 1 is 1.50 bits per heavy atom. The summed E-state index contributed by atoms with van der Waals surface area (Å²) >= 11 is 0. The number of nitriles is 1. The zero-order valence-electron chi connectivity index (χ0n) is 10.3. The molecule has 2 N–H and O–H groups in total. The van der Waals surface area contributed by atoms with Crippen molar-refractivity contribution in [2.75, 3.05) is 26.8 Å². The lowest BCUT2D eigenvalue weighted by Crippen LogP contribution is -2.47. The van der Waals surface area contributed by atoms with Crippen LogP contribution in [0.1, 0.15) is 20.3 Å². The summed E-state index contributed by atoms with van der Waals surface area (Å²) in [5, 5.41) is 8.52. The molecule has 0 aliphatic carbocycles. The highest BCUT2D eigenvalue weighted by Gasteiger charge is 2.22. The van der Waals surface area contributed by atoms with Crippen LogP contribution in [-0.2, 0) is 9.53 Å². The molecule has 0 aromatic heterocycles. The van der Waals surface area contributed by atoms with E-state index in [1.807, 2.05) is 19.9 Å². The van der Waals surface area contributed by atoms with Gasteiger partial charge in [0.2, 0.25) is 5.91 Å². The molecule has 0 fully saturated rings. The Morgan fingerprint density at radius 2 is 2.12 bits per heavy atom. The van der Waals surface area contributed by atoms with Crippen LogP contribution in [0.3, 0.4) is 0 Å². The van der Waals surface area contributed by atoms with Crippen LogP contribution in [0.25, 0.3) is 0 Å². The minimum Gasteiger partial charge on any atom is -0.383 e. The molecular weight excluding hydrogens is 206 g/mol. The Kier molecular flexibility index (Phi) is 7.52. The van der Waals surface area contributed by atoms with Gasteiger partial charge in [0, 0.05) is 20.2 Å². The van der Waals surface area contributed by atoms with E-state index in [2.05, 4.69) is 0 Å². The highest BCUT2D eigenvalue weighted by atomic mass is 16.5. The van der Waals surface area contributed by atoms with Crippen LogP contribution in [0.15, 0.2) is 0 Å². The van der Waals surface area contributed by atoms with Crippen molar-refractivity contribution in [1.82, 2.24) is 4.90 Å². The van der Waals surface area contributed by atoms with E-state index < -0.39 is 6.04 Å². The first-order chi connectivity index (χ1) is 7.54. The second-order valence-corrected chi connectivity index (χ2v) is 4.00. The van der Waals surface area contributed by atoms with Crippen molar-refractivity contribution < 1.29 is 9.53 Å². The predicted octanol–water partition coefficient (Wildman–Crippen LogP) is 0.358. The van der Waals surface area contributed by atoms with Gasteiger partial charge in [-0.3, -0.25) is 4.79 Å². The van der Waals surface area contributed by atoms with Gasteiger partial charge < -0.3 is 15.4 Å². The van der Waals surface area contributed by atoms with E-state index in [0.717, 1.165) is 0 Å². The molecule has 92 valence electrons. The van der Waals surface area contributed by atoms with Gasteiger partial charge in [0.1, 0.15) is 0 Å². The number of ether oxygens (including phenoxy) is 1.